The van der Waals surface area contributed by atoms with Gasteiger partial charge in [0.2, 0.25) is 0 Å². The quantitative estimate of drug-likeness (QED) is 0.782. The van der Waals surface area contributed by atoms with Gasteiger partial charge in [0.05, 0.1) is 25.2 Å². The van der Waals surface area contributed by atoms with Crippen molar-refractivity contribution in [3.8, 4) is 6.07 Å². The third-order valence-electron chi connectivity index (χ3n) is 3.08. The van der Waals surface area contributed by atoms with Gasteiger partial charge in [-0.25, -0.2) is 0 Å². The summed E-state index contributed by atoms with van der Waals surface area (Å²) in [5, 5.41) is 18.8. The van der Waals surface area contributed by atoms with E-state index in [1.807, 2.05) is 31.2 Å². The number of hydrogen-bond donors (Lipinski definition) is 1. The molecule has 1 rings (SSSR count). The maximum absolute atomic E-state index is 10.1. The molecule has 0 fully saturated rings. The number of ether oxygens (including phenoxy) is 1. The Morgan fingerprint density at radius 1 is 1.37 bits per heavy atom. The van der Waals surface area contributed by atoms with Crippen LogP contribution >= 0.6 is 0 Å². The summed E-state index contributed by atoms with van der Waals surface area (Å²) in [6.07, 6.45) is 0.663. The third kappa shape index (κ3) is 4.55. The van der Waals surface area contributed by atoms with E-state index in [-0.39, 0.29) is 0 Å². The van der Waals surface area contributed by atoms with Gasteiger partial charge >= 0.3 is 0 Å². The molecular formula is C15H22N2O2. The Morgan fingerprint density at radius 3 is 2.74 bits per heavy atom. The molecular weight excluding hydrogens is 240 g/mol. The Balaban J connectivity index is 2.96. The van der Waals surface area contributed by atoms with E-state index in [9.17, 15) is 5.11 Å². The van der Waals surface area contributed by atoms with Crippen molar-refractivity contribution in [1.82, 2.24) is 0 Å². The van der Waals surface area contributed by atoms with Gasteiger partial charge in [0.25, 0.3) is 0 Å². The number of rotatable bonds is 8. The lowest BCUT2D eigenvalue weighted by atomic mass is 10.0. The van der Waals surface area contributed by atoms with Crippen molar-refractivity contribution in [1.29, 1.82) is 5.26 Å². The van der Waals surface area contributed by atoms with E-state index in [0.717, 1.165) is 11.3 Å². The number of aliphatic hydroxyl groups excluding tert-OH is 1. The average molecular weight is 262 g/mol. The van der Waals surface area contributed by atoms with E-state index in [4.69, 9.17) is 10.00 Å². The van der Waals surface area contributed by atoms with Crippen LogP contribution in [0.2, 0.25) is 0 Å². The Labute approximate surface area is 115 Å². The summed E-state index contributed by atoms with van der Waals surface area (Å²) >= 11 is 0. The summed E-state index contributed by atoms with van der Waals surface area (Å²) in [5.41, 5.74) is 1.91. The fraction of sp³-hybridized carbons (Fsp3) is 0.533. The van der Waals surface area contributed by atoms with Crippen LogP contribution in [0.3, 0.4) is 0 Å². The normalized spacial score (nSPS) is 11.9. The molecule has 0 spiro atoms. The highest BCUT2D eigenvalue weighted by Gasteiger charge is 2.15. The van der Waals surface area contributed by atoms with Gasteiger partial charge in [0.15, 0.2) is 0 Å². The molecule has 0 amide bonds. The van der Waals surface area contributed by atoms with Crippen LogP contribution in [0.5, 0.6) is 0 Å². The summed E-state index contributed by atoms with van der Waals surface area (Å²) in [6.45, 7) is 3.91. The number of benzene rings is 1. The molecule has 0 heterocycles. The second-order valence-electron chi connectivity index (χ2n) is 4.37. The Morgan fingerprint density at radius 2 is 2.11 bits per heavy atom. The van der Waals surface area contributed by atoms with Gasteiger partial charge in [0.1, 0.15) is 0 Å². The molecule has 0 unspecified atom stereocenters. The predicted octanol–water partition coefficient (Wildman–Crippen LogP) is 2.50. The number of nitriles is 1. The molecule has 4 heteroatoms. The van der Waals surface area contributed by atoms with E-state index >= 15 is 0 Å². The van der Waals surface area contributed by atoms with E-state index < -0.39 is 6.10 Å². The van der Waals surface area contributed by atoms with Crippen molar-refractivity contribution in [2.75, 3.05) is 31.7 Å². The predicted molar refractivity (Wildman–Crippen MR) is 76.0 cm³/mol. The minimum Gasteiger partial charge on any atom is -0.388 e. The van der Waals surface area contributed by atoms with E-state index in [1.54, 1.807) is 7.11 Å². The first kappa shape index (κ1) is 15.5. The van der Waals surface area contributed by atoms with Gasteiger partial charge in [-0.1, -0.05) is 25.1 Å². The van der Waals surface area contributed by atoms with Crippen LogP contribution in [-0.4, -0.2) is 31.9 Å². The number of hydrogen-bond acceptors (Lipinski definition) is 4. The first-order valence-electron chi connectivity index (χ1n) is 6.62. The van der Waals surface area contributed by atoms with Crippen LogP contribution in [0.4, 0.5) is 5.69 Å². The largest absolute Gasteiger partial charge is 0.388 e. The minimum absolute atomic E-state index is 0.459. The van der Waals surface area contributed by atoms with E-state index in [2.05, 4.69) is 11.0 Å². The molecule has 0 aliphatic carbocycles. The van der Waals surface area contributed by atoms with Gasteiger partial charge in [-0.2, -0.15) is 5.26 Å². The van der Waals surface area contributed by atoms with Crippen molar-refractivity contribution < 1.29 is 9.84 Å². The third-order valence-corrected chi connectivity index (χ3v) is 3.08. The topological polar surface area (TPSA) is 56.5 Å². The molecule has 1 aromatic carbocycles. The summed E-state index contributed by atoms with van der Waals surface area (Å²) in [6, 6.07) is 9.97. The lowest BCUT2D eigenvalue weighted by Gasteiger charge is -2.27. The van der Waals surface area contributed by atoms with E-state index in [1.165, 1.54) is 0 Å². The first-order chi connectivity index (χ1) is 9.24. The van der Waals surface area contributed by atoms with Gasteiger partial charge in [0, 0.05) is 31.5 Å². The number of nitrogens with zero attached hydrogens (tertiary/aromatic N) is 2. The molecule has 1 aromatic rings. The van der Waals surface area contributed by atoms with Gasteiger partial charge in [-0.3, -0.25) is 0 Å². The smallest absolute Gasteiger partial charge is 0.0807 e. The highest BCUT2D eigenvalue weighted by Crippen LogP contribution is 2.28. The number of anilines is 1. The molecule has 0 saturated heterocycles. The first-order valence-corrected chi connectivity index (χ1v) is 6.62. The molecule has 1 N–H and O–H groups in total. The van der Waals surface area contributed by atoms with Crippen molar-refractivity contribution in [3.05, 3.63) is 29.8 Å². The number of aliphatic hydroxyl groups is 1. The standard InChI is InChI=1S/C15H22N2O2/c1-3-15(18)13-7-4-5-8-14(13)17(10-6-9-16)11-12-19-2/h4-5,7-8,15,18H,3,6,10-12H2,1-2H3/t15-/m0/s1. The van der Waals surface area contributed by atoms with Crippen LogP contribution in [0.1, 0.15) is 31.4 Å². The average Bonchev–Trinajstić information content (AvgIpc) is 2.47. The highest BCUT2D eigenvalue weighted by molar-refractivity contribution is 5.54. The van der Waals surface area contributed by atoms with E-state index in [0.29, 0.717) is 32.5 Å². The molecule has 1 atom stereocenters. The number of para-hydroxylation sites is 1. The van der Waals surface area contributed by atoms with Crippen LogP contribution < -0.4 is 4.90 Å². The van der Waals surface area contributed by atoms with Crippen molar-refractivity contribution in [3.63, 3.8) is 0 Å². The molecule has 0 bridgehead atoms. The highest BCUT2D eigenvalue weighted by atomic mass is 16.5. The fourth-order valence-electron chi connectivity index (χ4n) is 2.02. The Kier molecular flexibility index (Phi) is 6.94. The summed E-state index contributed by atoms with van der Waals surface area (Å²) < 4.78 is 5.11. The van der Waals surface area contributed by atoms with Crippen LogP contribution in [-0.2, 0) is 4.74 Å². The molecule has 104 valence electrons. The van der Waals surface area contributed by atoms with Crippen molar-refractivity contribution in [2.45, 2.75) is 25.9 Å². The maximum Gasteiger partial charge on any atom is 0.0807 e. The van der Waals surface area contributed by atoms with Gasteiger partial charge in [-0.05, 0) is 12.5 Å². The zero-order valence-corrected chi connectivity index (χ0v) is 11.7. The van der Waals surface area contributed by atoms with Crippen LogP contribution in [0, 0.1) is 11.3 Å². The molecule has 4 nitrogen and oxygen atoms in total. The molecule has 0 aromatic heterocycles. The van der Waals surface area contributed by atoms with Crippen LogP contribution in [0.15, 0.2) is 24.3 Å². The van der Waals surface area contributed by atoms with Gasteiger partial charge in [-0.15, -0.1) is 0 Å². The second kappa shape index (κ2) is 8.52. The minimum atomic E-state index is -0.469. The Hall–Kier alpha value is -1.57. The molecule has 0 aliphatic rings. The van der Waals surface area contributed by atoms with Crippen molar-refractivity contribution in [2.24, 2.45) is 0 Å². The van der Waals surface area contributed by atoms with Gasteiger partial charge < -0.3 is 14.7 Å². The Bertz CT molecular complexity index is 415. The molecule has 19 heavy (non-hydrogen) atoms. The summed E-state index contributed by atoms with van der Waals surface area (Å²) in [5.74, 6) is 0. The lowest BCUT2D eigenvalue weighted by Crippen LogP contribution is -2.29. The zero-order chi connectivity index (χ0) is 14.1. The van der Waals surface area contributed by atoms with Crippen molar-refractivity contribution >= 4 is 5.69 Å². The number of methoxy groups -OCH3 is 1. The monoisotopic (exact) mass is 262 g/mol. The van der Waals surface area contributed by atoms with Crippen LogP contribution in [0.25, 0.3) is 0 Å². The molecule has 0 radical (unpaired) electrons. The summed E-state index contributed by atoms with van der Waals surface area (Å²) in [7, 11) is 1.66. The zero-order valence-electron chi connectivity index (χ0n) is 11.7. The lowest BCUT2D eigenvalue weighted by molar-refractivity contribution is 0.173. The second-order valence-corrected chi connectivity index (χ2v) is 4.37. The summed E-state index contributed by atoms with van der Waals surface area (Å²) in [4.78, 5) is 2.10. The molecule has 0 saturated carbocycles. The fourth-order valence-corrected chi connectivity index (χ4v) is 2.02. The maximum atomic E-state index is 10.1. The molecule has 0 aliphatic heterocycles. The SMILES string of the molecule is CC[C@H](O)c1ccccc1N(CCC#N)CCOC.